The molecule has 0 amide bonds. The number of ether oxygens (including phenoxy) is 2. The smallest absolute Gasteiger partial charge is 0.348 e. The molecule has 8 nitrogen and oxygen atoms in total. The molecule has 0 bridgehead atoms. The number of pyridine rings is 1. The Kier molecular flexibility index (Phi) is 5.51. The summed E-state index contributed by atoms with van der Waals surface area (Å²) in [7, 11) is 0. The molecule has 0 saturated carbocycles. The first-order valence-electron chi connectivity index (χ1n) is 9.62. The molecule has 0 aliphatic rings. The van der Waals surface area contributed by atoms with Crippen molar-refractivity contribution in [2.75, 3.05) is 6.61 Å². The predicted molar refractivity (Wildman–Crippen MR) is 117 cm³/mol. The van der Waals surface area contributed by atoms with Gasteiger partial charge >= 0.3 is 11.9 Å². The van der Waals surface area contributed by atoms with Gasteiger partial charge in [-0.25, -0.2) is 14.6 Å². The minimum Gasteiger partial charge on any atom is -0.462 e. The van der Waals surface area contributed by atoms with Crippen molar-refractivity contribution in [3.63, 3.8) is 0 Å². The lowest BCUT2D eigenvalue weighted by Gasteiger charge is -2.08. The summed E-state index contributed by atoms with van der Waals surface area (Å²) in [5, 5.41) is 1.02. The summed E-state index contributed by atoms with van der Waals surface area (Å²) in [5.74, 6) is -0.841. The first-order valence-corrected chi connectivity index (χ1v) is 10.4. The Morgan fingerprint density at radius 1 is 1.10 bits per heavy atom. The fourth-order valence-electron chi connectivity index (χ4n) is 3.34. The van der Waals surface area contributed by atoms with Gasteiger partial charge in [-0.2, -0.15) is 0 Å². The molecule has 158 valence electrons. The monoisotopic (exact) mass is 437 g/mol. The Bertz CT molecular complexity index is 1390. The van der Waals surface area contributed by atoms with Crippen LogP contribution in [-0.4, -0.2) is 33.5 Å². The second kappa shape index (κ2) is 8.27. The number of para-hydroxylation sites is 1. The molecule has 4 rings (SSSR count). The van der Waals surface area contributed by atoms with E-state index in [-0.39, 0.29) is 19.0 Å². The fourth-order valence-corrected chi connectivity index (χ4v) is 4.43. The number of aryl methyl sites for hydroxylation is 2. The van der Waals surface area contributed by atoms with E-state index in [0.717, 1.165) is 11.3 Å². The predicted octanol–water partition coefficient (Wildman–Crippen LogP) is 3.68. The number of fused-ring (bicyclic) bond motifs is 2. The van der Waals surface area contributed by atoms with Gasteiger partial charge in [0.15, 0.2) is 0 Å². The summed E-state index contributed by atoms with van der Waals surface area (Å²) < 4.78 is 10.5. The zero-order valence-electron chi connectivity index (χ0n) is 17.1. The van der Waals surface area contributed by atoms with Crippen LogP contribution in [0.15, 0.2) is 35.1 Å². The number of aromatic amines is 1. The van der Waals surface area contributed by atoms with Gasteiger partial charge in [0.25, 0.3) is 5.56 Å². The van der Waals surface area contributed by atoms with Gasteiger partial charge in [0.2, 0.25) is 0 Å². The molecule has 0 saturated heterocycles. The highest BCUT2D eigenvalue weighted by Crippen LogP contribution is 2.27. The fraction of sp³-hybridized carbons (Fsp3) is 0.227. The molecule has 3 aromatic heterocycles. The second-order valence-electron chi connectivity index (χ2n) is 6.87. The van der Waals surface area contributed by atoms with Crippen LogP contribution in [0.4, 0.5) is 0 Å². The van der Waals surface area contributed by atoms with E-state index in [0.29, 0.717) is 42.8 Å². The molecule has 4 aromatic rings. The first kappa shape index (κ1) is 20.7. The van der Waals surface area contributed by atoms with Crippen molar-refractivity contribution in [2.45, 2.75) is 27.4 Å². The van der Waals surface area contributed by atoms with Crippen LogP contribution in [0.3, 0.4) is 0 Å². The van der Waals surface area contributed by atoms with E-state index in [1.807, 2.05) is 18.2 Å². The number of carbonyl (C=O) groups is 2. The molecule has 0 radical (unpaired) electrons. The summed E-state index contributed by atoms with van der Waals surface area (Å²) in [5.41, 5.74) is 1.91. The molecule has 0 aliphatic carbocycles. The highest BCUT2D eigenvalue weighted by Gasteiger charge is 2.21. The zero-order valence-corrected chi connectivity index (χ0v) is 18.0. The van der Waals surface area contributed by atoms with Gasteiger partial charge in [-0.1, -0.05) is 18.2 Å². The molecule has 0 fully saturated rings. The molecule has 31 heavy (non-hydrogen) atoms. The van der Waals surface area contributed by atoms with Crippen molar-refractivity contribution >= 4 is 44.4 Å². The number of thiophene rings is 1. The van der Waals surface area contributed by atoms with E-state index < -0.39 is 17.5 Å². The molecule has 1 aromatic carbocycles. The summed E-state index contributed by atoms with van der Waals surface area (Å²) >= 11 is 1.08. The molecule has 0 spiro atoms. The SMILES string of the molecule is CCOC(=O)c1sc2nc(COC(=O)c3cc(C)nc4ccccc34)[nH]c(=O)c2c1C. The molecule has 0 atom stereocenters. The first-order chi connectivity index (χ1) is 14.9. The number of esters is 2. The van der Waals surface area contributed by atoms with Crippen LogP contribution in [0.25, 0.3) is 21.1 Å². The number of nitrogens with one attached hydrogen (secondary N) is 1. The van der Waals surface area contributed by atoms with E-state index in [4.69, 9.17) is 9.47 Å². The van der Waals surface area contributed by atoms with Crippen LogP contribution in [0.2, 0.25) is 0 Å². The lowest BCUT2D eigenvalue weighted by molar-refractivity contribution is 0.0463. The molecular formula is C22H19N3O5S. The topological polar surface area (TPSA) is 111 Å². The van der Waals surface area contributed by atoms with E-state index in [2.05, 4.69) is 15.0 Å². The third-order valence-corrected chi connectivity index (χ3v) is 5.88. The number of aromatic nitrogens is 3. The highest BCUT2D eigenvalue weighted by atomic mass is 32.1. The lowest BCUT2D eigenvalue weighted by atomic mass is 10.1. The van der Waals surface area contributed by atoms with Crippen molar-refractivity contribution in [1.82, 2.24) is 15.0 Å². The third kappa shape index (κ3) is 3.91. The van der Waals surface area contributed by atoms with Gasteiger partial charge in [-0.05, 0) is 38.5 Å². The molecule has 0 unspecified atom stereocenters. The van der Waals surface area contributed by atoms with Crippen LogP contribution in [-0.2, 0) is 16.1 Å². The van der Waals surface area contributed by atoms with Crippen molar-refractivity contribution in [2.24, 2.45) is 0 Å². The summed E-state index contributed by atoms with van der Waals surface area (Å²) in [6, 6.07) is 8.96. The molecule has 1 N–H and O–H groups in total. The molecule has 0 aliphatic heterocycles. The normalized spacial score (nSPS) is 11.1. The number of carbonyl (C=O) groups excluding carboxylic acids is 2. The number of benzene rings is 1. The Labute approximate surface area is 180 Å². The van der Waals surface area contributed by atoms with Crippen LogP contribution in [0.1, 0.15) is 44.0 Å². The molecule has 3 heterocycles. The number of hydrogen-bond donors (Lipinski definition) is 1. The Hall–Kier alpha value is -3.59. The average Bonchev–Trinajstić information content (AvgIpc) is 3.08. The minimum atomic E-state index is -0.543. The summed E-state index contributed by atoms with van der Waals surface area (Å²) in [4.78, 5) is 49.5. The maximum atomic E-state index is 12.7. The van der Waals surface area contributed by atoms with E-state index >= 15 is 0 Å². The summed E-state index contributed by atoms with van der Waals surface area (Å²) in [6.45, 7) is 5.21. The average molecular weight is 437 g/mol. The van der Waals surface area contributed by atoms with Crippen LogP contribution in [0.5, 0.6) is 0 Å². The van der Waals surface area contributed by atoms with Gasteiger partial charge in [-0.15, -0.1) is 11.3 Å². The number of hydrogen-bond acceptors (Lipinski definition) is 8. The second-order valence-corrected chi connectivity index (χ2v) is 7.87. The quantitative estimate of drug-likeness (QED) is 0.474. The van der Waals surface area contributed by atoms with E-state index in [9.17, 15) is 14.4 Å². The minimum absolute atomic E-state index is 0.192. The van der Waals surface area contributed by atoms with Gasteiger partial charge in [0.1, 0.15) is 22.1 Å². The van der Waals surface area contributed by atoms with Gasteiger partial charge in [0.05, 0.1) is 23.1 Å². The van der Waals surface area contributed by atoms with Crippen molar-refractivity contribution in [3.05, 3.63) is 68.2 Å². The zero-order chi connectivity index (χ0) is 22.1. The largest absolute Gasteiger partial charge is 0.462 e. The van der Waals surface area contributed by atoms with Gasteiger partial charge in [-0.3, -0.25) is 9.78 Å². The van der Waals surface area contributed by atoms with Crippen LogP contribution >= 0.6 is 11.3 Å². The van der Waals surface area contributed by atoms with Crippen molar-refractivity contribution < 1.29 is 19.1 Å². The lowest BCUT2D eigenvalue weighted by Crippen LogP contribution is -2.14. The number of H-pyrrole nitrogens is 1. The Morgan fingerprint density at radius 2 is 1.87 bits per heavy atom. The third-order valence-electron chi connectivity index (χ3n) is 4.71. The van der Waals surface area contributed by atoms with Crippen LogP contribution < -0.4 is 5.56 Å². The maximum Gasteiger partial charge on any atom is 0.348 e. The highest BCUT2D eigenvalue weighted by molar-refractivity contribution is 7.20. The summed E-state index contributed by atoms with van der Waals surface area (Å²) in [6.07, 6.45) is 0. The standard InChI is InChI=1S/C22H19N3O5S/c1-4-29-22(28)18-12(3)17-19(26)24-16(25-20(17)31-18)10-30-21(27)14-9-11(2)23-15-8-6-5-7-13(14)15/h5-9H,4,10H2,1-3H3,(H,24,25,26). The van der Waals surface area contributed by atoms with E-state index in [1.165, 1.54) is 0 Å². The van der Waals surface area contributed by atoms with Crippen molar-refractivity contribution in [1.29, 1.82) is 0 Å². The number of nitrogens with zero attached hydrogens (tertiary/aromatic N) is 2. The van der Waals surface area contributed by atoms with Crippen molar-refractivity contribution in [3.8, 4) is 0 Å². The van der Waals surface area contributed by atoms with Gasteiger partial charge in [0, 0.05) is 11.1 Å². The van der Waals surface area contributed by atoms with E-state index in [1.54, 1.807) is 32.9 Å². The molecular weight excluding hydrogens is 418 g/mol. The Balaban J connectivity index is 1.62. The maximum absolute atomic E-state index is 12.7. The Morgan fingerprint density at radius 3 is 2.65 bits per heavy atom. The number of rotatable bonds is 5. The van der Waals surface area contributed by atoms with Crippen LogP contribution in [0, 0.1) is 13.8 Å². The molecule has 9 heteroatoms. The van der Waals surface area contributed by atoms with Gasteiger partial charge < -0.3 is 14.5 Å².